The van der Waals surface area contributed by atoms with E-state index in [0.717, 1.165) is 5.56 Å². The van der Waals surface area contributed by atoms with Gasteiger partial charge >= 0.3 is 5.97 Å². The van der Waals surface area contributed by atoms with Crippen LogP contribution in [0.3, 0.4) is 0 Å². The van der Waals surface area contributed by atoms with Crippen LogP contribution in [0, 0.1) is 0 Å². The van der Waals surface area contributed by atoms with Gasteiger partial charge in [0, 0.05) is 26.4 Å². The van der Waals surface area contributed by atoms with Crippen LogP contribution in [0.15, 0.2) is 24.3 Å². The van der Waals surface area contributed by atoms with Crippen LogP contribution >= 0.6 is 0 Å². The minimum absolute atomic E-state index is 0.0437. The summed E-state index contributed by atoms with van der Waals surface area (Å²) in [6.45, 7) is 0.156. The summed E-state index contributed by atoms with van der Waals surface area (Å²) in [6.07, 6.45) is 0.0873. The van der Waals surface area contributed by atoms with Gasteiger partial charge in [-0.25, -0.2) is 10.3 Å². The maximum absolute atomic E-state index is 11.9. The standard InChI is InChI=1S/C15H17N3O6/c1-16-23-9-12(19)17-8-10-2-4-11(5-3-10)15(22)24-18-13(20)6-7-14(18)21/h2-5,16H,6-9H2,1H3,(H,17,19). The molecule has 1 fully saturated rings. The van der Waals surface area contributed by atoms with Crippen molar-refractivity contribution in [1.29, 1.82) is 0 Å². The normalized spacial score (nSPS) is 14.0. The van der Waals surface area contributed by atoms with Crippen LogP contribution in [0.1, 0.15) is 28.8 Å². The molecule has 1 aliphatic heterocycles. The van der Waals surface area contributed by atoms with E-state index < -0.39 is 17.8 Å². The molecule has 3 amide bonds. The second kappa shape index (κ2) is 8.18. The summed E-state index contributed by atoms with van der Waals surface area (Å²) in [5.74, 6) is -2.15. The maximum Gasteiger partial charge on any atom is 0.363 e. The Bertz CT molecular complexity index is 627. The van der Waals surface area contributed by atoms with Gasteiger partial charge < -0.3 is 10.2 Å². The molecule has 2 rings (SSSR count). The third-order valence-electron chi connectivity index (χ3n) is 3.21. The van der Waals surface area contributed by atoms with Crippen LogP contribution in [-0.4, -0.2) is 42.4 Å². The van der Waals surface area contributed by atoms with Crippen LogP contribution in [-0.2, 0) is 30.6 Å². The molecule has 1 heterocycles. The fourth-order valence-corrected chi connectivity index (χ4v) is 1.94. The van der Waals surface area contributed by atoms with Crippen molar-refractivity contribution in [3.63, 3.8) is 0 Å². The molecular formula is C15H17N3O6. The van der Waals surface area contributed by atoms with Gasteiger partial charge in [-0.2, -0.15) is 0 Å². The number of hydrogen-bond donors (Lipinski definition) is 2. The van der Waals surface area contributed by atoms with Crippen molar-refractivity contribution >= 4 is 23.7 Å². The first kappa shape index (κ1) is 17.6. The first-order chi connectivity index (χ1) is 11.5. The number of nitrogens with one attached hydrogen (secondary N) is 2. The minimum atomic E-state index is -0.795. The van der Waals surface area contributed by atoms with Crippen molar-refractivity contribution in [2.45, 2.75) is 19.4 Å². The molecule has 0 saturated carbocycles. The molecule has 0 atom stereocenters. The summed E-state index contributed by atoms with van der Waals surface area (Å²) in [7, 11) is 1.55. The molecule has 1 aliphatic rings. The largest absolute Gasteiger partial charge is 0.363 e. The van der Waals surface area contributed by atoms with E-state index in [0.29, 0.717) is 5.06 Å². The first-order valence-corrected chi connectivity index (χ1v) is 7.23. The van der Waals surface area contributed by atoms with Crippen LogP contribution in [0.5, 0.6) is 0 Å². The van der Waals surface area contributed by atoms with E-state index in [2.05, 4.69) is 10.8 Å². The van der Waals surface area contributed by atoms with E-state index in [1.165, 1.54) is 12.1 Å². The predicted octanol–water partition coefficient (Wildman–Crippen LogP) is -0.325. The topological polar surface area (TPSA) is 114 Å². The third-order valence-corrected chi connectivity index (χ3v) is 3.21. The number of hydrogen-bond acceptors (Lipinski definition) is 7. The lowest BCUT2D eigenvalue weighted by Gasteiger charge is -2.12. The van der Waals surface area contributed by atoms with Gasteiger partial charge in [0.25, 0.3) is 11.8 Å². The van der Waals surface area contributed by atoms with Gasteiger partial charge in [0.05, 0.1) is 5.56 Å². The molecule has 0 spiro atoms. The van der Waals surface area contributed by atoms with Gasteiger partial charge in [0.1, 0.15) is 6.61 Å². The fraction of sp³-hybridized carbons (Fsp3) is 0.333. The molecule has 128 valence electrons. The van der Waals surface area contributed by atoms with Crippen molar-refractivity contribution in [3.8, 4) is 0 Å². The van der Waals surface area contributed by atoms with Gasteiger partial charge in [-0.15, -0.1) is 5.06 Å². The van der Waals surface area contributed by atoms with Gasteiger partial charge in [0.15, 0.2) is 0 Å². The SMILES string of the molecule is CNOCC(=O)NCc1ccc(C(=O)ON2C(=O)CCC2=O)cc1. The summed E-state index contributed by atoms with van der Waals surface area (Å²) in [5.41, 5.74) is 3.34. The van der Waals surface area contributed by atoms with Crippen molar-refractivity contribution in [1.82, 2.24) is 15.9 Å². The summed E-state index contributed by atoms with van der Waals surface area (Å²) in [5, 5.41) is 3.13. The molecule has 0 radical (unpaired) electrons. The van der Waals surface area contributed by atoms with Crippen LogP contribution in [0.4, 0.5) is 0 Å². The average Bonchev–Trinajstić information content (AvgIpc) is 2.90. The number of carbonyl (C=O) groups excluding carboxylic acids is 4. The maximum atomic E-state index is 11.9. The third kappa shape index (κ3) is 4.61. The van der Waals surface area contributed by atoms with Gasteiger partial charge in [-0.3, -0.25) is 19.2 Å². The number of benzene rings is 1. The molecule has 1 aromatic rings. The summed E-state index contributed by atoms with van der Waals surface area (Å²) < 4.78 is 0. The Morgan fingerprint density at radius 3 is 2.33 bits per heavy atom. The lowest BCUT2D eigenvalue weighted by Crippen LogP contribution is -2.32. The Morgan fingerprint density at radius 2 is 1.75 bits per heavy atom. The molecule has 0 aromatic heterocycles. The minimum Gasteiger partial charge on any atom is -0.350 e. The number of hydroxylamine groups is 3. The highest BCUT2D eigenvalue weighted by molar-refractivity contribution is 6.02. The number of nitrogens with zero attached hydrogens (tertiary/aromatic N) is 1. The molecule has 2 N–H and O–H groups in total. The predicted molar refractivity (Wildman–Crippen MR) is 79.8 cm³/mol. The zero-order valence-electron chi connectivity index (χ0n) is 13.0. The van der Waals surface area contributed by atoms with Crippen molar-refractivity contribution in [3.05, 3.63) is 35.4 Å². The molecule has 1 aromatic carbocycles. The van der Waals surface area contributed by atoms with Crippen LogP contribution in [0.2, 0.25) is 0 Å². The molecule has 9 heteroatoms. The Morgan fingerprint density at radius 1 is 1.12 bits per heavy atom. The highest BCUT2D eigenvalue weighted by Gasteiger charge is 2.33. The monoisotopic (exact) mass is 335 g/mol. The van der Waals surface area contributed by atoms with E-state index >= 15 is 0 Å². The summed E-state index contributed by atoms with van der Waals surface area (Å²) in [6, 6.07) is 6.23. The highest BCUT2D eigenvalue weighted by Crippen LogP contribution is 2.14. The van der Waals surface area contributed by atoms with E-state index in [9.17, 15) is 19.2 Å². The van der Waals surface area contributed by atoms with Gasteiger partial charge in [-0.1, -0.05) is 12.1 Å². The molecule has 9 nitrogen and oxygen atoms in total. The Balaban J connectivity index is 1.87. The van der Waals surface area contributed by atoms with Crippen molar-refractivity contribution in [2.24, 2.45) is 0 Å². The second-order valence-corrected chi connectivity index (χ2v) is 4.93. The smallest absolute Gasteiger partial charge is 0.350 e. The quantitative estimate of drug-likeness (QED) is 0.518. The lowest BCUT2D eigenvalue weighted by molar-refractivity contribution is -0.172. The van der Waals surface area contributed by atoms with E-state index in [4.69, 9.17) is 9.68 Å². The molecule has 0 aliphatic carbocycles. The number of rotatable bonds is 7. The van der Waals surface area contributed by atoms with Crippen LogP contribution in [0.25, 0.3) is 0 Å². The van der Waals surface area contributed by atoms with Gasteiger partial charge in [-0.05, 0) is 17.7 Å². The summed E-state index contributed by atoms with van der Waals surface area (Å²) in [4.78, 5) is 55.7. The number of carbonyl (C=O) groups is 4. The molecule has 1 saturated heterocycles. The average molecular weight is 335 g/mol. The second-order valence-electron chi connectivity index (χ2n) is 4.93. The molecule has 24 heavy (non-hydrogen) atoms. The molecule has 0 unspecified atom stereocenters. The van der Waals surface area contributed by atoms with Gasteiger partial charge in [0.2, 0.25) is 5.91 Å². The lowest BCUT2D eigenvalue weighted by atomic mass is 10.1. The van der Waals surface area contributed by atoms with E-state index in [1.807, 2.05) is 0 Å². The fourth-order valence-electron chi connectivity index (χ4n) is 1.94. The molecular weight excluding hydrogens is 318 g/mol. The summed E-state index contributed by atoms with van der Waals surface area (Å²) >= 11 is 0. The number of imide groups is 1. The highest BCUT2D eigenvalue weighted by atomic mass is 16.7. The van der Waals surface area contributed by atoms with Crippen molar-refractivity contribution < 1.29 is 28.9 Å². The van der Waals surface area contributed by atoms with E-state index in [-0.39, 0.29) is 37.5 Å². The van der Waals surface area contributed by atoms with E-state index in [1.54, 1.807) is 19.2 Å². The Labute approximate surface area is 137 Å². The Hall–Kier alpha value is -2.78. The Kier molecular flexibility index (Phi) is 5.99. The zero-order chi connectivity index (χ0) is 17.5. The first-order valence-electron chi connectivity index (χ1n) is 7.23. The number of amides is 3. The zero-order valence-corrected chi connectivity index (χ0v) is 13.0. The van der Waals surface area contributed by atoms with Crippen LogP contribution < -0.4 is 10.8 Å². The van der Waals surface area contributed by atoms with Crippen molar-refractivity contribution in [2.75, 3.05) is 13.7 Å². The molecule has 0 bridgehead atoms.